The smallest absolute Gasteiger partial charge is 0.152 e. The SMILES string of the molecule is CC(C)(C)Cc1nc(Cl)c2n1CCCC2N. The molecule has 0 fully saturated rings. The molecule has 1 unspecified atom stereocenters. The normalized spacial score (nSPS) is 20.9. The van der Waals surface area contributed by atoms with Gasteiger partial charge >= 0.3 is 0 Å². The van der Waals surface area contributed by atoms with E-state index in [0.29, 0.717) is 5.15 Å². The van der Waals surface area contributed by atoms with E-state index in [2.05, 4.69) is 30.3 Å². The molecule has 2 heterocycles. The van der Waals surface area contributed by atoms with Gasteiger partial charge in [-0.1, -0.05) is 32.4 Å². The van der Waals surface area contributed by atoms with Crippen molar-refractivity contribution in [2.24, 2.45) is 11.1 Å². The van der Waals surface area contributed by atoms with Crippen molar-refractivity contribution < 1.29 is 0 Å². The van der Waals surface area contributed by atoms with Crippen LogP contribution in [0.25, 0.3) is 0 Å². The van der Waals surface area contributed by atoms with E-state index in [4.69, 9.17) is 17.3 Å². The summed E-state index contributed by atoms with van der Waals surface area (Å²) in [6, 6.07) is 0.0578. The van der Waals surface area contributed by atoms with Gasteiger partial charge in [-0.2, -0.15) is 0 Å². The fourth-order valence-electron chi connectivity index (χ4n) is 2.30. The molecule has 2 N–H and O–H groups in total. The van der Waals surface area contributed by atoms with E-state index < -0.39 is 0 Å². The van der Waals surface area contributed by atoms with Crippen LogP contribution in [-0.4, -0.2) is 9.55 Å². The van der Waals surface area contributed by atoms with Gasteiger partial charge in [0.2, 0.25) is 0 Å². The maximum Gasteiger partial charge on any atom is 0.152 e. The second-order valence-electron chi connectivity index (χ2n) is 5.84. The number of hydrogen-bond acceptors (Lipinski definition) is 2. The van der Waals surface area contributed by atoms with Crippen LogP contribution in [0.5, 0.6) is 0 Å². The lowest BCUT2D eigenvalue weighted by molar-refractivity contribution is 0.377. The van der Waals surface area contributed by atoms with E-state index in [-0.39, 0.29) is 11.5 Å². The van der Waals surface area contributed by atoms with E-state index in [9.17, 15) is 0 Å². The Morgan fingerprint density at radius 1 is 1.50 bits per heavy atom. The predicted molar refractivity (Wildman–Crippen MR) is 66.6 cm³/mol. The average molecular weight is 242 g/mol. The molecule has 0 spiro atoms. The third kappa shape index (κ3) is 2.25. The van der Waals surface area contributed by atoms with Crippen molar-refractivity contribution in [2.75, 3.05) is 0 Å². The number of fused-ring (bicyclic) bond motifs is 1. The number of imidazole rings is 1. The monoisotopic (exact) mass is 241 g/mol. The highest BCUT2D eigenvalue weighted by atomic mass is 35.5. The Labute approximate surface area is 102 Å². The number of nitrogens with zero attached hydrogens (tertiary/aromatic N) is 2. The molecule has 90 valence electrons. The van der Waals surface area contributed by atoms with Crippen molar-refractivity contribution in [1.29, 1.82) is 0 Å². The van der Waals surface area contributed by atoms with Gasteiger partial charge in [-0.15, -0.1) is 0 Å². The van der Waals surface area contributed by atoms with E-state index in [1.165, 1.54) is 0 Å². The van der Waals surface area contributed by atoms with Gasteiger partial charge in [0.25, 0.3) is 0 Å². The Balaban J connectivity index is 2.38. The molecular formula is C12H20ClN3. The second-order valence-corrected chi connectivity index (χ2v) is 6.20. The highest BCUT2D eigenvalue weighted by Crippen LogP contribution is 2.32. The fourth-order valence-corrected chi connectivity index (χ4v) is 2.64. The van der Waals surface area contributed by atoms with Crippen LogP contribution in [0.15, 0.2) is 0 Å². The zero-order chi connectivity index (χ0) is 11.9. The summed E-state index contributed by atoms with van der Waals surface area (Å²) in [7, 11) is 0. The standard InChI is InChI=1S/C12H20ClN3/c1-12(2,3)7-9-15-11(13)10-8(14)5-4-6-16(9)10/h8H,4-7,14H2,1-3H3. The van der Waals surface area contributed by atoms with Gasteiger partial charge in [-0.05, 0) is 18.3 Å². The molecule has 1 atom stereocenters. The van der Waals surface area contributed by atoms with E-state index in [1.54, 1.807) is 0 Å². The minimum absolute atomic E-state index is 0.0578. The lowest BCUT2D eigenvalue weighted by Crippen LogP contribution is -2.24. The summed E-state index contributed by atoms with van der Waals surface area (Å²) in [5.74, 6) is 1.09. The molecule has 1 aliphatic heterocycles. The number of aromatic nitrogens is 2. The summed E-state index contributed by atoms with van der Waals surface area (Å²) in [5, 5.41) is 0.603. The molecule has 0 aliphatic carbocycles. The molecule has 16 heavy (non-hydrogen) atoms. The Morgan fingerprint density at radius 2 is 2.19 bits per heavy atom. The van der Waals surface area contributed by atoms with Gasteiger partial charge in [-0.25, -0.2) is 4.98 Å². The third-order valence-corrected chi connectivity index (χ3v) is 3.26. The van der Waals surface area contributed by atoms with Gasteiger partial charge < -0.3 is 10.3 Å². The zero-order valence-corrected chi connectivity index (χ0v) is 11.0. The lowest BCUT2D eigenvalue weighted by Gasteiger charge is -2.24. The number of rotatable bonds is 1. The van der Waals surface area contributed by atoms with Crippen LogP contribution in [0.2, 0.25) is 5.15 Å². The van der Waals surface area contributed by atoms with Crippen LogP contribution in [-0.2, 0) is 13.0 Å². The van der Waals surface area contributed by atoms with Crippen molar-refractivity contribution >= 4 is 11.6 Å². The Kier molecular flexibility index (Phi) is 3.01. The summed E-state index contributed by atoms with van der Waals surface area (Å²) >= 11 is 6.17. The number of nitrogens with two attached hydrogens (primary N) is 1. The quantitative estimate of drug-likeness (QED) is 0.822. The molecule has 2 rings (SSSR count). The van der Waals surface area contributed by atoms with Crippen molar-refractivity contribution in [2.45, 2.75) is 52.6 Å². The first-order valence-corrected chi connectivity index (χ1v) is 6.26. The molecule has 3 nitrogen and oxygen atoms in total. The topological polar surface area (TPSA) is 43.8 Å². The highest BCUT2D eigenvalue weighted by Gasteiger charge is 2.26. The van der Waals surface area contributed by atoms with Gasteiger partial charge in [0, 0.05) is 19.0 Å². The zero-order valence-electron chi connectivity index (χ0n) is 10.3. The Morgan fingerprint density at radius 3 is 2.81 bits per heavy atom. The second kappa shape index (κ2) is 4.04. The molecule has 0 bridgehead atoms. The maximum atomic E-state index is 6.17. The fraction of sp³-hybridized carbons (Fsp3) is 0.750. The van der Waals surface area contributed by atoms with E-state index in [0.717, 1.165) is 37.3 Å². The Bertz CT molecular complexity index is 390. The van der Waals surface area contributed by atoms with Crippen molar-refractivity contribution in [3.63, 3.8) is 0 Å². The van der Waals surface area contributed by atoms with Gasteiger partial charge in [0.1, 0.15) is 5.82 Å². The van der Waals surface area contributed by atoms with Crippen LogP contribution in [0.1, 0.15) is 51.2 Å². The van der Waals surface area contributed by atoms with Crippen LogP contribution in [0.3, 0.4) is 0 Å². The van der Waals surface area contributed by atoms with Gasteiger partial charge in [0.15, 0.2) is 5.15 Å². The van der Waals surface area contributed by atoms with Gasteiger partial charge in [0.05, 0.1) is 5.69 Å². The minimum Gasteiger partial charge on any atom is -0.329 e. The summed E-state index contributed by atoms with van der Waals surface area (Å²) in [6.07, 6.45) is 3.08. The average Bonchev–Trinajstić information content (AvgIpc) is 2.42. The molecule has 0 radical (unpaired) electrons. The van der Waals surface area contributed by atoms with E-state index in [1.807, 2.05) is 0 Å². The van der Waals surface area contributed by atoms with Crippen molar-refractivity contribution in [1.82, 2.24) is 9.55 Å². The molecule has 1 aromatic heterocycles. The molecule has 0 amide bonds. The largest absolute Gasteiger partial charge is 0.329 e. The summed E-state index contributed by atoms with van der Waals surface area (Å²) in [6.45, 7) is 7.65. The summed E-state index contributed by atoms with van der Waals surface area (Å²) in [4.78, 5) is 4.48. The maximum absolute atomic E-state index is 6.17. The molecule has 0 saturated heterocycles. The van der Waals surface area contributed by atoms with Crippen LogP contribution in [0, 0.1) is 5.41 Å². The molecule has 4 heteroatoms. The predicted octanol–water partition coefficient (Wildman–Crippen LogP) is 2.92. The number of halogens is 1. The number of hydrogen-bond donors (Lipinski definition) is 1. The third-order valence-electron chi connectivity index (χ3n) is 2.98. The minimum atomic E-state index is 0.0578. The van der Waals surface area contributed by atoms with E-state index >= 15 is 0 Å². The van der Waals surface area contributed by atoms with Crippen LogP contribution < -0.4 is 5.73 Å². The first kappa shape index (κ1) is 11.9. The molecular weight excluding hydrogens is 222 g/mol. The van der Waals surface area contributed by atoms with Crippen LogP contribution in [0.4, 0.5) is 0 Å². The molecule has 0 saturated carbocycles. The van der Waals surface area contributed by atoms with Crippen LogP contribution >= 0.6 is 11.6 Å². The lowest BCUT2D eigenvalue weighted by atomic mass is 9.92. The first-order chi connectivity index (χ1) is 7.38. The van der Waals surface area contributed by atoms with Crippen molar-refractivity contribution in [3.05, 3.63) is 16.7 Å². The van der Waals surface area contributed by atoms with Gasteiger partial charge in [-0.3, -0.25) is 0 Å². The Hall–Kier alpha value is -0.540. The van der Waals surface area contributed by atoms with Crippen molar-refractivity contribution in [3.8, 4) is 0 Å². The highest BCUT2D eigenvalue weighted by molar-refractivity contribution is 6.30. The molecule has 1 aromatic rings. The molecule has 0 aromatic carbocycles. The summed E-state index contributed by atoms with van der Waals surface area (Å²) < 4.78 is 2.22. The molecule has 1 aliphatic rings. The first-order valence-electron chi connectivity index (χ1n) is 5.89. The summed E-state index contributed by atoms with van der Waals surface area (Å²) in [5.41, 5.74) is 7.34.